The summed E-state index contributed by atoms with van der Waals surface area (Å²) in [5.41, 5.74) is -0.421. The van der Waals surface area contributed by atoms with Crippen LogP contribution in [0.15, 0.2) is 29.3 Å². The summed E-state index contributed by atoms with van der Waals surface area (Å²) in [5, 5.41) is 24.6. The van der Waals surface area contributed by atoms with E-state index in [9.17, 15) is 18.5 Å². The molecule has 1 amide bonds. The molecular weight excluding hydrogens is 458 g/mol. The second kappa shape index (κ2) is 8.52. The predicted octanol–water partition coefficient (Wildman–Crippen LogP) is 3.93. The number of carboxylic acid groups (broad SMARTS) is 1. The van der Waals surface area contributed by atoms with Gasteiger partial charge in [0.05, 0.1) is 23.2 Å². The molecule has 2 N–H and O–H groups in total. The van der Waals surface area contributed by atoms with Crippen molar-refractivity contribution >= 4 is 39.1 Å². The summed E-state index contributed by atoms with van der Waals surface area (Å²) >= 11 is 6.17. The van der Waals surface area contributed by atoms with Crippen LogP contribution in [-0.2, 0) is 16.6 Å². The van der Waals surface area contributed by atoms with Crippen molar-refractivity contribution in [3.63, 3.8) is 0 Å². The lowest BCUT2D eigenvalue weighted by molar-refractivity contribution is 0.127. The number of hydrogen-bond acceptors (Lipinski definition) is 6. The molecule has 0 aliphatic carbocycles. The Kier molecular flexibility index (Phi) is 6.31. The maximum Gasteiger partial charge on any atom is 0.409 e. The van der Waals surface area contributed by atoms with Gasteiger partial charge in [0.15, 0.2) is 5.15 Å². The molecule has 0 saturated carbocycles. The number of ether oxygens (including phenoxy) is 1. The van der Waals surface area contributed by atoms with Crippen molar-refractivity contribution in [1.82, 2.24) is 9.78 Å². The molecular formula is C20H24ClN5O5S. The summed E-state index contributed by atoms with van der Waals surface area (Å²) in [5.74, 6) is 0.250. The maximum atomic E-state index is 13.8. The zero-order valence-electron chi connectivity index (χ0n) is 18.0. The second-order valence-electron chi connectivity index (χ2n) is 8.15. The number of benzene rings is 1. The van der Waals surface area contributed by atoms with Crippen molar-refractivity contribution in [1.29, 1.82) is 5.26 Å². The van der Waals surface area contributed by atoms with Crippen molar-refractivity contribution in [2.45, 2.75) is 57.7 Å². The van der Waals surface area contributed by atoms with Crippen LogP contribution in [0.1, 0.15) is 34.1 Å². The van der Waals surface area contributed by atoms with Crippen LogP contribution in [-0.4, -0.2) is 41.5 Å². The average molecular weight is 482 g/mol. The first-order chi connectivity index (χ1) is 14.9. The summed E-state index contributed by atoms with van der Waals surface area (Å²) in [4.78, 5) is 10.9. The van der Waals surface area contributed by atoms with Crippen molar-refractivity contribution in [2.75, 3.05) is 9.62 Å². The molecule has 1 aromatic carbocycles. The summed E-state index contributed by atoms with van der Waals surface area (Å²) in [6, 6.07) is 5.85. The van der Waals surface area contributed by atoms with E-state index in [1.165, 1.54) is 33.4 Å². The van der Waals surface area contributed by atoms with Gasteiger partial charge in [0.2, 0.25) is 0 Å². The number of nitrogens with zero attached hydrogens (tertiary/aromatic N) is 4. The molecule has 2 aromatic rings. The van der Waals surface area contributed by atoms with E-state index in [0.29, 0.717) is 6.54 Å². The normalized spacial score (nSPS) is 18.4. The third kappa shape index (κ3) is 4.47. The van der Waals surface area contributed by atoms with Crippen molar-refractivity contribution in [2.24, 2.45) is 5.41 Å². The number of nitriles is 1. The molecule has 1 aliphatic heterocycles. The number of amides is 1. The third-order valence-electron chi connectivity index (χ3n) is 5.19. The molecule has 1 aromatic heterocycles. The number of rotatable bonds is 6. The molecule has 0 bridgehead atoms. The maximum absolute atomic E-state index is 13.8. The Labute approximate surface area is 191 Å². The van der Waals surface area contributed by atoms with Crippen LogP contribution < -0.4 is 14.4 Å². The Morgan fingerprint density at radius 2 is 2.12 bits per heavy atom. The zero-order valence-corrected chi connectivity index (χ0v) is 19.6. The Morgan fingerprint density at radius 3 is 2.69 bits per heavy atom. The molecule has 172 valence electrons. The van der Waals surface area contributed by atoms with Crippen LogP contribution in [0.2, 0.25) is 5.15 Å². The Bertz CT molecular complexity index is 1190. The van der Waals surface area contributed by atoms with Gasteiger partial charge in [-0.25, -0.2) is 13.2 Å². The highest BCUT2D eigenvalue weighted by Crippen LogP contribution is 2.44. The average Bonchev–Trinajstić information content (AvgIpc) is 3.10. The number of hydrogen-bond donors (Lipinski definition) is 2. The topological polar surface area (TPSA) is 138 Å². The highest BCUT2D eigenvalue weighted by atomic mass is 35.5. The summed E-state index contributed by atoms with van der Waals surface area (Å²) in [7, 11) is -4.21. The minimum Gasteiger partial charge on any atom is -0.486 e. The number of anilines is 2. The number of fused-ring (bicyclic) bond motifs is 1. The smallest absolute Gasteiger partial charge is 0.409 e. The number of sulfonamides is 1. The molecule has 0 fully saturated rings. The van der Waals surface area contributed by atoms with Gasteiger partial charge in [-0.2, -0.15) is 10.4 Å². The first-order valence-electron chi connectivity index (χ1n) is 9.89. The number of carbonyl (C=O) groups is 1. The number of nitrogens with one attached hydrogen (secondary N) is 1. The minimum absolute atomic E-state index is 0.162. The van der Waals surface area contributed by atoms with Gasteiger partial charge in [0, 0.05) is 24.8 Å². The van der Waals surface area contributed by atoms with Gasteiger partial charge in [0.1, 0.15) is 16.7 Å². The van der Waals surface area contributed by atoms with Gasteiger partial charge in [0.25, 0.3) is 10.0 Å². The molecule has 0 spiro atoms. The van der Waals surface area contributed by atoms with E-state index in [0.717, 1.165) is 0 Å². The van der Waals surface area contributed by atoms with Crippen LogP contribution in [0.4, 0.5) is 16.2 Å². The molecule has 0 saturated heterocycles. The second-order valence-corrected chi connectivity index (χ2v) is 10.3. The number of aryl methyl sites for hydroxylation is 1. The Morgan fingerprint density at radius 1 is 1.44 bits per heavy atom. The van der Waals surface area contributed by atoms with E-state index in [1.54, 1.807) is 27.7 Å². The minimum atomic E-state index is -4.21. The molecule has 1 aliphatic rings. The molecule has 2 heterocycles. The SMILES string of the molecule is CCn1cc(S(=O)(=O)N2c3cc(NC(=O)O)ccc3O[C@H](CC(C)(C)C#N)[C@H]2C)c(Cl)n1. The van der Waals surface area contributed by atoms with E-state index in [1.807, 2.05) is 0 Å². The lowest BCUT2D eigenvalue weighted by atomic mass is 9.86. The van der Waals surface area contributed by atoms with Gasteiger partial charge < -0.3 is 9.84 Å². The predicted molar refractivity (Wildman–Crippen MR) is 119 cm³/mol. The fourth-order valence-electron chi connectivity index (χ4n) is 3.55. The van der Waals surface area contributed by atoms with Gasteiger partial charge in [-0.15, -0.1) is 0 Å². The van der Waals surface area contributed by atoms with E-state index in [-0.39, 0.29) is 33.6 Å². The lowest BCUT2D eigenvalue weighted by Gasteiger charge is -2.42. The fourth-order valence-corrected chi connectivity index (χ4v) is 5.69. The fraction of sp³-hybridized carbons (Fsp3) is 0.450. The summed E-state index contributed by atoms with van der Waals surface area (Å²) in [6.45, 7) is 7.40. The quantitative estimate of drug-likeness (QED) is 0.637. The van der Waals surface area contributed by atoms with Crippen molar-refractivity contribution < 1.29 is 23.1 Å². The lowest BCUT2D eigenvalue weighted by Crippen LogP contribution is -2.51. The van der Waals surface area contributed by atoms with Gasteiger partial charge in [-0.05, 0) is 45.9 Å². The molecule has 3 rings (SSSR count). The summed E-state index contributed by atoms with van der Waals surface area (Å²) < 4.78 is 36.2. The van der Waals surface area contributed by atoms with E-state index in [2.05, 4.69) is 16.5 Å². The van der Waals surface area contributed by atoms with E-state index >= 15 is 0 Å². The van der Waals surface area contributed by atoms with Crippen molar-refractivity contribution in [3.05, 3.63) is 29.5 Å². The van der Waals surface area contributed by atoms with E-state index < -0.39 is 33.7 Å². The highest BCUT2D eigenvalue weighted by Gasteiger charge is 2.43. The molecule has 2 atom stereocenters. The van der Waals surface area contributed by atoms with Crippen LogP contribution in [0.3, 0.4) is 0 Å². The van der Waals surface area contributed by atoms with Crippen LogP contribution in [0.5, 0.6) is 5.75 Å². The first kappa shape index (κ1) is 23.7. The number of halogens is 1. The zero-order chi connectivity index (χ0) is 23.8. The van der Waals surface area contributed by atoms with Gasteiger partial charge in [-0.1, -0.05) is 11.6 Å². The Balaban J connectivity index is 2.17. The van der Waals surface area contributed by atoms with Crippen LogP contribution in [0, 0.1) is 16.7 Å². The molecule has 12 heteroatoms. The monoisotopic (exact) mass is 481 g/mol. The molecule has 0 radical (unpaired) electrons. The third-order valence-corrected chi connectivity index (χ3v) is 7.49. The van der Waals surface area contributed by atoms with Gasteiger partial charge >= 0.3 is 6.09 Å². The largest absolute Gasteiger partial charge is 0.486 e. The standard InChI is InChI=1S/C20H24ClN5O5S/c1-5-25-10-17(18(21)24-25)32(29,30)26-12(2)16(9-20(3,4)11-22)31-15-7-6-13(8-14(15)26)23-19(27)28/h6-8,10,12,16,23H,5,9H2,1-4H3,(H,27,28)/t12-,16-/m1/s1. The molecule has 0 unspecified atom stereocenters. The molecule has 10 nitrogen and oxygen atoms in total. The number of aromatic nitrogens is 2. The van der Waals surface area contributed by atoms with Crippen LogP contribution >= 0.6 is 11.6 Å². The van der Waals surface area contributed by atoms with Crippen LogP contribution in [0.25, 0.3) is 0 Å². The summed E-state index contributed by atoms with van der Waals surface area (Å²) in [6.07, 6.45) is -0.296. The van der Waals surface area contributed by atoms with Crippen molar-refractivity contribution in [3.8, 4) is 11.8 Å². The van der Waals surface area contributed by atoms with Gasteiger partial charge in [-0.3, -0.25) is 14.3 Å². The first-order valence-corrected chi connectivity index (χ1v) is 11.7. The van der Waals surface area contributed by atoms with E-state index in [4.69, 9.17) is 21.4 Å². The Hall–Kier alpha value is -2.97. The molecule has 32 heavy (non-hydrogen) atoms. The highest BCUT2D eigenvalue weighted by molar-refractivity contribution is 7.93.